The lowest BCUT2D eigenvalue weighted by Gasteiger charge is -2.32. The van der Waals surface area contributed by atoms with Gasteiger partial charge in [-0.2, -0.15) is 0 Å². The first kappa shape index (κ1) is 19.2. The molecule has 0 radical (unpaired) electrons. The number of carbonyl (C=O) groups is 2. The van der Waals surface area contributed by atoms with E-state index in [1.54, 1.807) is 18.2 Å². The summed E-state index contributed by atoms with van der Waals surface area (Å²) in [5, 5.41) is 10.6. The molecule has 0 atom stereocenters. The number of carbonyl (C=O) groups excluding carboxylic acids is 1. The van der Waals surface area contributed by atoms with E-state index in [9.17, 15) is 14.7 Å². The van der Waals surface area contributed by atoms with Gasteiger partial charge in [0.25, 0.3) is 0 Å². The van der Waals surface area contributed by atoms with E-state index in [4.69, 9.17) is 0 Å². The van der Waals surface area contributed by atoms with E-state index in [2.05, 4.69) is 30.1 Å². The highest BCUT2D eigenvalue weighted by Gasteiger charge is 2.26. The Balaban J connectivity index is 1.38. The van der Waals surface area contributed by atoms with E-state index in [0.29, 0.717) is 18.8 Å². The Morgan fingerprint density at radius 2 is 1.76 bits per heavy atom. The minimum Gasteiger partial charge on any atom is -0.478 e. The van der Waals surface area contributed by atoms with Crippen molar-refractivity contribution in [2.24, 2.45) is 0 Å². The third kappa shape index (κ3) is 3.90. The van der Waals surface area contributed by atoms with Gasteiger partial charge in [0, 0.05) is 36.1 Å². The maximum absolute atomic E-state index is 12.7. The Hall–Kier alpha value is -3.08. The summed E-state index contributed by atoms with van der Waals surface area (Å²) in [7, 11) is 0. The lowest BCUT2D eigenvalue weighted by atomic mass is 9.87. The average Bonchev–Trinajstić information content (AvgIpc) is 3.08. The predicted molar refractivity (Wildman–Crippen MR) is 113 cm³/mol. The number of carboxylic acid groups (broad SMARTS) is 1. The van der Waals surface area contributed by atoms with E-state index < -0.39 is 5.97 Å². The van der Waals surface area contributed by atoms with Gasteiger partial charge < -0.3 is 15.0 Å². The fraction of sp³-hybridized carbons (Fsp3) is 0.333. The maximum Gasteiger partial charge on any atom is 0.335 e. The third-order valence-electron chi connectivity index (χ3n) is 6.06. The van der Waals surface area contributed by atoms with Crippen LogP contribution in [0.15, 0.2) is 48.5 Å². The lowest BCUT2D eigenvalue weighted by molar-refractivity contribution is -0.132. The van der Waals surface area contributed by atoms with Gasteiger partial charge in [-0.25, -0.2) is 4.79 Å². The summed E-state index contributed by atoms with van der Waals surface area (Å²) in [5.41, 5.74) is 4.80. The number of fused-ring (bicyclic) bond motifs is 1. The van der Waals surface area contributed by atoms with E-state index in [1.165, 1.54) is 22.2 Å². The van der Waals surface area contributed by atoms with Gasteiger partial charge >= 0.3 is 5.97 Å². The first-order chi connectivity index (χ1) is 14.0. The summed E-state index contributed by atoms with van der Waals surface area (Å²) in [4.78, 5) is 29.5. The molecule has 1 aromatic heterocycles. The van der Waals surface area contributed by atoms with Crippen molar-refractivity contribution >= 4 is 22.8 Å². The standard InChI is InChI=1S/C24H26N2O3/c1-16-23(20-8-4-5-9-21(20)25-16)18-12-14-26(15-13-18)22(27)11-10-17-6-2-3-7-19(17)24(28)29/h2-9,18,25H,10-15H2,1H3,(H,28,29). The topological polar surface area (TPSA) is 73.4 Å². The molecule has 3 aromatic rings. The predicted octanol–water partition coefficient (Wildman–Crippen LogP) is 4.51. The number of para-hydroxylation sites is 1. The van der Waals surface area contributed by atoms with Crippen LogP contribution in [-0.2, 0) is 11.2 Å². The largest absolute Gasteiger partial charge is 0.478 e. The summed E-state index contributed by atoms with van der Waals surface area (Å²) in [6, 6.07) is 15.3. The summed E-state index contributed by atoms with van der Waals surface area (Å²) >= 11 is 0. The van der Waals surface area contributed by atoms with Gasteiger partial charge in [-0.1, -0.05) is 36.4 Å². The molecule has 29 heavy (non-hydrogen) atoms. The molecule has 0 aliphatic carbocycles. The molecule has 5 heteroatoms. The van der Waals surface area contributed by atoms with Gasteiger partial charge in [-0.3, -0.25) is 4.79 Å². The van der Waals surface area contributed by atoms with Gasteiger partial charge in [0.1, 0.15) is 0 Å². The molecule has 5 nitrogen and oxygen atoms in total. The van der Waals surface area contributed by atoms with Gasteiger partial charge in [-0.15, -0.1) is 0 Å². The van der Waals surface area contributed by atoms with Crippen LogP contribution in [0, 0.1) is 6.92 Å². The monoisotopic (exact) mass is 390 g/mol. The first-order valence-corrected chi connectivity index (χ1v) is 10.2. The second-order valence-corrected chi connectivity index (χ2v) is 7.83. The SMILES string of the molecule is Cc1[nH]c2ccccc2c1C1CCN(C(=O)CCc2ccccc2C(=O)O)CC1. The molecule has 2 aromatic carbocycles. The minimum absolute atomic E-state index is 0.110. The summed E-state index contributed by atoms with van der Waals surface area (Å²) in [6.45, 7) is 3.64. The number of hydrogen-bond donors (Lipinski definition) is 2. The zero-order chi connectivity index (χ0) is 20.4. The smallest absolute Gasteiger partial charge is 0.335 e. The lowest BCUT2D eigenvalue weighted by Crippen LogP contribution is -2.38. The van der Waals surface area contributed by atoms with Crippen LogP contribution in [-0.4, -0.2) is 40.0 Å². The summed E-state index contributed by atoms with van der Waals surface area (Å²) in [6.07, 6.45) is 2.73. The molecule has 0 bridgehead atoms. The number of likely N-dealkylation sites (tertiary alicyclic amines) is 1. The van der Waals surface area contributed by atoms with Gasteiger partial charge in [0.2, 0.25) is 5.91 Å². The van der Waals surface area contributed by atoms with Gasteiger partial charge in [0.05, 0.1) is 5.56 Å². The number of piperidine rings is 1. The quantitative estimate of drug-likeness (QED) is 0.673. The van der Waals surface area contributed by atoms with Crippen LogP contribution in [0.1, 0.15) is 52.4 Å². The van der Waals surface area contributed by atoms with Crippen molar-refractivity contribution in [3.8, 4) is 0 Å². The Morgan fingerprint density at radius 1 is 1.07 bits per heavy atom. The fourth-order valence-electron chi connectivity index (χ4n) is 4.59. The molecule has 0 unspecified atom stereocenters. The van der Waals surface area contributed by atoms with Crippen molar-refractivity contribution in [2.45, 2.75) is 38.5 Å². The second kappa shape index (κ2) is 8.11. The van der Waals surface area contributed by atoms with Crippen molar-refractivity contribution < 1.29 is 14.7 Å². The molecule has 0 saturated carbocycles. The highest BCUT2D eigenvalue weighted by molar-refractivity contribution is 5.89. The highest BCUT2D eigenvalue weighted by atomic mass is 16.4. The van der Waals surface area contributed by atoms with Crippen LogP contribution in [0.5, 0.6) is 0 Å². The van der Waals surface area contributed by atoms with Crippen LogP contribution >= 0.6 is 0 Å². The number of aromatic amines is 1. The number of aryl methyl sites for hydroxylation is 2. The molecule has 1 fully saturated rings. The first-order valence-electron chi connectivity index (χ1n) is 10.2. The molecular formula is C24H26N2O3. The number of rotatable bonds is 5. The Kier molecular flexibility index (Phi) is 5.38. The number of aromatic nitrogens is 1. The van der Waals surface area contributed by atoms with Crippen LogP contribution in [0.25, 0.3) is 10.9 Å². The van der Waals surface area contributed by atoms with Crippen molar-refractivity contribution in [2.75, 3.05) is 13.1 Å². The van der Waals surface area contributed by atoms with Crippen molar-refractivity contribution in [1.82, 2.24) is 9.88 Å². The van der Waals surface area contributed by atoms with Crippen molar-refractivity contribution in [1.29, 1.82) is 0 Å². The zero-order valence-electron chi connectivity index (χ0n) is 16.6. The molecule has 1 aliphatic rings. The number of nitrogens with one attached hydrogen (secondary N) is 1. The molecule has 2 heterocycles. The Bertz CT molecular complexity index is 1050. The van der Waals surface area contributed by atoms with Crippen LogP contribution < -0.4 is 0 Å². The number of H-pyrrole nitrogens is 1. The van der Waals surface area contributed by atoms with Crippen LogP contribution in [0.2, 0.25) is 0 Å². The van der Waals surface area contributed by atoms with Gasteiger partial charge in [-0.05, 0) is 55.4 Å². The summed E-state index contributed by atoms with van der Waals surface area (Å²) in [5.74, 6) is -0.370. The van der Waals surface area contributed by atoms with E-state index in [1.807, 2.05) is 17.0 Å². The normalized spacial score (nSPS) is 15.0. The average molecular weight is 390 g/mol. The fourth-order valence-corrected chi connectivity index (χ4v) is 4.59. The molecule has 4 rings (SSSR count). The molecule has 2 N–H and O–H groups in total. The minimum atomic E-state index is -0.942. The Morgan fingerprint density at radius 3 is 2.52 bits per heavy atom. The molecule has 150 valence electrons. The van der Waals surface area contributed by atoms with E-state index in [-0.39, 0.29) is 11.5 Å². The van der Waals surface area contributed by atoms with E-state index >= 15 is 0 Å². The maximum atomic E-state index is 12.7. The highest BCUT2D eigenvalue weighted by Crippen LogP contribution is 2.35. The number of hydrogen-bond acceptors (Lipinski definition) is 2. The molecule has 1 amide bonds. The van der Waals surface area contributed by atoms with Crippen LogP contribution in [0.4, 0.5) is 0 Å². The zero-order valence-corrected chi connectivity index (χ0v) is 16.6. The van der Waals surface area contributed by atoms with Gasteiger partial charge in [0.15, 0.2) is 0 Å². The molecule has 1 saturated heterocycles. The number of carboxylic acids is 1. The van der Waals surface area contributed by atoms with E-state index in [0.717, 1.165) is 31.5 Å². The van der Waals surface area contributed by atoms with Crippen molar-refractivity contribution in [3.63, 3.8) is 0 Å². The number of nitrogens with zero attached hydrogens (tertiary/aromatic N) is 1. The molecule has 0 spiro atoms. The molecular weight excluding hydrogens is 364 g/mol. The summed E-state index contributed by atoms with van der Waals surface area (Å²) < 4.78 is 0. The number of amides is 1. The Labute approximate surface area is 170 Å². The second-order valence-electron chi connectivity index (χ2n) is 7.83. The van der Waals surface area contributed by atoms with Crippen LogP contribution in [0.3, 0.4) is 0 Å². The number of benzene rings is 2. The van der Waals surface area contributed by atoms with Crippen molar-refractivity contribution in [3.05, 3.63) is 70.9 Å². The molecule has 1 aliphatic heterocycles. The third-order valence-corrected chi connectivity index (χ3v) is 6.06. The number of aromatic carboxylic acids is 1.